The lowest BCUT2D eigenvalue weighted by Gasteiger charge is -2.31. The van der Waals surface area contributed by atoms with E-state index in [2.05, 4.69) is 0 Å². The molecule has 0 saturated heterocycles. The van der Waals surface area contributed by atoms with Crippen molar-refractivity contribution in [3.8, 4) is 5.75 Å². The van der Waals surface area contributed by atoms with E-state index in [-0.39, 0.29) is 11.3 Å². The number of carboxylic acids is 1. The van der Waals surface area contributed by atoms with Gasteiger partial charge in [0.15, 0.2) is 0 Å². The Morgan fingerprint density at radius 2 is 1.89 bits per heavy atom. The average Bonchev–Trinajstić information content (AvgIpc) is 2.26. The van der Waals surface area contributed by atoms with E-state index in [1.165, 1.54) is 39.1 Å². The maximum atomic E-state index is 12.1. The van der Waals surface area contributed by atoms with Gasteiger partial charge >= 0.3 is 5.97 Å². The van der Waals surface area contributed by atoms with Gasteiger partial charge in [0.2, 0.25) is 0 Å². The number of carbonyl (C=O) groups excluding carboxylic acids is 1. The van der Waals surface area contributed by atoms with Gasteiger partial charge < -0.3 is 15.1 Å². The fourth-order valence-electron chi connectivity index (χ4n) is 1.26. The molecule has 0 unspecified atom stereocenters. The predicted molar refractivity (Wildman–Crippen MR) is 66.9 cm³/mol. The third kappa shape index (κ3) is 2.56. The zero-order valence-corrected chi connectivity index (χ0v) is 11.0. The SMILES string of the molecule is CN(C(=O)c1ccc(Cl)cc1O)C(C)(C)C(=O)O. The molecule has 6 heteroatoms. The third-order valence-electron chi connectivity index (χ3n) is 2.86. The van der Waals surface area contributed by atoms with Crippen LogP contribution in [-0.2, 0) is 4.79 Å². The third-order valence-corrected chi connectivity index (χ3v) is 3.09. The number of hydrogen-bond acceptors (Lipinski definition) is 3. The molecule has 0 spiro atoms. The Morgan fingerprint density at radius 1 is 1.33 bits per heavy atom. The first-order chi connectivity index (χ1) is 8.17. The molecule has 0 aliphatic rings. The number of nitrogens with zero attached hydrogens (tertiary/aromatic N) is 1. The van der Waals surface area contributed by atoms with Crippen LogP contribution < -0.4 is 0 Å². The molecule has 18 heavy (non-hydrogen) atoms. The molecule has 2 N–H and O–H groups in total. The maximum Gasteiger partial charge on any atom is 0.329 e. The maximum absolute atomic E-state index is 12.1. The number of aliphatic carboxylic acids is 1. The van der Waals surface area contributed by atoms with Gasteiger partial charge in [0, 0.05) is 12.1 Å². The second-order valence-electron chi connectivity index (χ2n) is 4.39. The highest BCUT2D eigenvalue weighted by Gasteiger charge is 2.36. The number of rotatable bonds is 3. The highest BCUT2D eigenvalue weighted by atomic mass is 35.5. The first kappa shape index (κ1) is 14.3. The Kier molecular flexibility index (Phi) is 3.86. The minimum absolute atomic E-state index is 0.0104. The Labute approximate surface area is 110 Å². The molecule has 0 saturated carbocycles. The van der Waals surface area contributed by atoms with Crippen LogP contribution >= 0.6 is 11.6 Å². The molecule has 1 rings (SSSR count). The van der Waals surface area contributed by atoms with Gasteiger partial charge in [-0.15, -0.1) is 0 Å². The summed E-state index contributed by atoms with van der Waals surface area (Å²) in [6.45, 7) is 2.81. The summed E-state index contributed by atoms with van der Waals surface area (Å²) in [4.78, 5) is 24.2. The first-order valence-electron chi connectivity index (χ1n) is 5.18. The van der Waals surface area contributed by atoms with Crippen LogP contribution in [0.4, 0.5) is 0 Å². The highest BCUT2D eigenvalue weighted by Crippen LogP contribution is 2.25. The summed E-state index contributed by atoms with van der Waals surface area (Å²) in [5.74, 6) is -2.00. The molecule has 98 valence electrons. The van der Waals surface area contributed by atoms with Gasteiger partial charge in [-0.25, -0.2) is 4.79 Å². The van der Waals surface area contributed by atoms with E-state index in [9.17, 15) is 14.7 Å². The summed E-state index contributed by atoms with van der Waals surface area (Å²) in [6, 6.07) is 4.04. The molecule has 1 amide bonds. The van der Waals surface area contributed by atoms with Crippen molar-refractivity contribution >= 4 is 23.5 Å². The minimum atomic E-state index is -1.37. The molecule has 1 aromatic carbocycles. The number of hydrogen-bond donors (Lipinski definition) is 2. The summed E-state index contributed by atoms with van der Waals surface area (Å²) in [7, 11) is 1.37. The first-order valence-corrected chi connectivity index (χ1v) is 5.55. The molecule has 0 aromatic heterocycles. The molecule has 0 bridgehead atoms. The van der Waals surface area contributed by atoms with Gasteiger partial charge in [0.25, 0.3) is 5.91 Å². The number of phenols is 1. The molecule has 5 nitrogen and oxygen atoms in total. The van der Waals surface area contributed by atoms with Gasteiger partial charge in [0.1, 0.15) is 11.3 Å². The summed E-state index contributed by atoms with van der Waals surface area (Å²) >= 11 is 5.66. The van der Waals surface area contributed by atoms with Crippen molar-refractivity contribution in [2.75, 3.05) is 7.05 Å². The van der Waals surface area contributed by atoms with E-state index >= 15 is 0 Å². The van der Waals surface area contributed by atoms with Crippen molar-refractivity contribution in [2.24, 2.45) is 0 Å². The molecular formula is C12H14ClNO4. The lowest BCUT2D eigenvalue weighted by atomic mass is 10.0. The van der Waals surface area contributed by atoms with E-state index < -0.39 is 17.4 Å². The normalized spacial score (nSPS) is 11.1. The lowest BCUT2D eigenvalue weighted by Crippen LogP contribution is -2.50. The Balaban J connectivity index is 3.11. The molecule has 0 heterocycles. The molecule has 0 aliphatic carbocycles. The minimum Gasteiger partial charge on any atom is -0.507 e. The van der Waals surface area contributed by atoms with Gasteiger partial charge in [-0.3, -0.25) is 4.79 Å². The summed E-state index contributed by atoms with van der Waals surface area (Å²) in [5.41, 5.74) is -1.36. The van der Waals surface area contributed by atoms with Crippen molar-refractivity contribution in [1.82, 2.24) is 4.90 Å². The van der Waals surface area contributed by atoms with Crippen LogP contribution in [-0.4, -0.2) is 39.6 Å². The number of benzene rings is 1. The zero-order valence-electron chi connectivity index (χ0n) is 10.3. The summed E-state index contributed by atoms with van der Waals surface area (Å²) in [6.07, 6.45) is 0. The number of carbonyl (C=O) groups is 2. The summed E-state index contributed by atoms with van der Waals surface area (Å²) < 4.78 is 0. The Bertz CT molecular complexity index is 499. The molecule has 1 aromatic rings. The largest absolute Gasteiger partial charge is 0.507 e. The van der Waals surface area contributed by atoms with E-state index in [1.807, 2.05) is 0 Å². The van der Waals surface area contributed by atoms with Crippen LogP contribution in [0.1, 0.15) is 24.2 Å². The number of aromatic hydroxyl groups is 1. The van der Waals surface area contributed by atoms with Crippen LogP contribution in [0.2, 0.25) is 5.02 Å². The van der Waals surface area contributed by atoms with Gasteiger partial charge in [-0.2, -0.15) is 0 Å². The van der Waals surface area contributed by atoms with Crippen LogP contribution in [0.15, 0.2) is 18.2 Å². The second-order valence-corrected chi connectivity index (χ2v) is 4.83. The smallest absolute Gasteiger partial charge is 0.329 e. The van der Waals surface area contributed by atoms with Crippen molar-refractivity contribution < 1.29 is 19.8 Å². The van der Waals surface area contributed by atoms with E-state index in [1.54, 1.807) is 0 Å². The standard InChI is InChI=1S/C12H14ClNO4/c1-12(2,11(17)18)14(3)10(16)8-5-4-7(13)6-9(8)15/h4-6,15H,1-3H3,(H,17,18). The van der Waals surface area contributed by atoms with E-state index in [0.29, 0.717) is 5.02 Å². The van der Waals surface area contributed by atoms with Crippen molar-refractivity contribution in [1.29, 1.82) is 0 Å². The lowest BCUT2D eigenvalue weighted by molar-refractivity contribution is -0.147. The second kappa shape index (κ2) is 4.86. The van der Waals surface area contributed by atoms with Crippen LogP contribution in [0.5, 0.6) is 5.75 Å². The molecule has 0 radical (unpaired) electrons. The number of halogens is 1. The molecule has 0 aliphatic heterocycles. The van der Waals surface area contributed by atoms with Gasteiger partial charge in [-0.1, -0.05) is 11.6 Å². The predicted octanol–water partition coefficient (Wildman–Crippen LogP) is 1.98. The fourth-order valence-corrected chi connectivity index (χ4v) is 1.43. The zero-order chi connectivity index (χ0) is 14.1. The van der Waals surface area contributed by atoms with Crippen LogP contribution in [0, 0.1) is 0 Å². The van der Waals surface area contributed by atoms with E-state index in [4.69, 9.17) is 16.7 Å². The highest BCUT2D eigenvalue weighted by molar-refractivity contribution is 6.30. The van der Waals surface area contributed by atoms with Crippen molar-refractivity contribution in [3.05, 3.63) is 28.8 Å². The van der Waals surface area contributed by atoms with E-state index in [0.717, 1.165) is 4.90 Å². The Morgan fingerprint density at radius 3 is 2.33 bits per heavy atom. The number of amides is 1. The van der Waals surface area contributed by atoms with Crippen LogP contribution in [0.3, 0.4) is 0 Å². The number of likely N-dealkylation sites (N-methyl/N-ethyl adjacent to an activating group) is 1. The topological polar surface area (TPSA) is 77.8 Å². The molecule has 0 fully saturated rings. The van der Waals surface area contributed by atoms with Crippen LogP contribution in [0.25, 0.3) is 0 Å². The van der Waals surface area contributed by atoms with Crippen molar-refractivity contribution in [3.63, 3.8) is 0 Å². The quantitative estimate of drug-likeness (QED) is 0.881. The average molecular weight is 272 g/mol. The molecular weight excluding hydrogens is 258 g/mol. The number of carboxylic acid groups (broad SMARTS) is 1. The van der Waals surface area contributed by atoms with Crippen molar-refractivity contribution in [2.45, 2.75) is 19.4 Å². The Hall–Kier alpha value is -1.75. The van der Waals surface area contributed by atoms with Gasteiger partial charge in [-0.05, 0) is 32.0 Å². The molecule has 0 atom stereocenters. The fraction of sp³-hybridized carbons (Fsp3) is 0.333. The number of phenolic OH excluding ortho intramolecular Hbond substituents is 1. The van der Waals surface area contributed by atoms with Gasteiger partial charge in [0.05, 0.1) is 5.56 Å². The summed E-state index contributed by atoms with van der Waals surface area (Å²) in [5, 5.41) is 19.0. The monoisotopic (exact) mass is 271 g/mol.